The Kier molecular flexibility index (Phi) is 5.40. The van der Waals surface area contributed by atoms with Crippen LogP contribution in [0.5, 0.6) is 0 Å². The summed E-state index contributed by atoms with van der Waals surface area (Å²) in [5.74, 6) is -0.0698. The Morgan fingerprint density at radius 1 is 1.10 bits per heavy atom. The SMILES string of the molecule is Cc1cccc2c1Sc1ccccc1N2C(=O)CNN1N=NCC1c1ccccc1Cl. The Balaban J connectivity index is 1.40. The van der Waals surface area contributed by atoms with E-state index >= 15 is 0 Å². The fourth-order valence-electron chi connectivity index (χ4n) is 3.85. The molecule has 1 atom stereocenters. The summed E-state index contributed by atoms with van der Waals surface area (Å²) in [6.45, 7) is 2.63. The van der Waals surface area contributed by atoms with Crippen LogP contribution in [0.15, 0.2) is 86.9 Å². The zero-order valence-corrected chi connectivity index (χ0v) is 18.4. The fraction of sp³-hybridized carbons (Fsp3) is 0.174. The Morgan fingerprint density at radius 2 is 1.87 bits per heavy atom. The average molecular weight is 450 g/mol. The largest absolute Gasteiger partial charge is 0.278 e. The van der Waals surface area contributed by atoms with Gasteiger partial charge in [-0.05, 0) is 42.3 Å². The molecule has 2 aliphatic heterocycles. The first-order chi connectivity index (χ1) is 15.1. The van der Waals surface area contributed by atoms with Gasteiger partial charge < -0.3 is 0 Å². The number of hydrazine groups is 1. The van der Waals surface area contributed by atoms with E-state index in [0.717, 1.165) is 32.3 Å². The van der Waals surface area contributed by atoms with Crippen LogP contribution in [0.1, 0.15) is 17.2 Å². The zero-order chi connectivity index (χ0) is 21.4. The number of rotatable bonds is 4. The molecule has 3 aromatic carbocycles. The van der Waals surface area contributed by atoms with Crippen LogP contribution in [-0.2, 0) is 4.79 Å². The number of nitrogens with one attached hydrogen (secondary N) is 1. The minimum atomic E-state index is -0.153. The molecule has 0 fully saturated rings. The Morgan fingerprint density at radius 3 is 2.74 bits per heavy atom. The monoisotopic (exact) mass is 449 g/mol. The van der Waals surface area contributed by atoms with E-state index in [2.05, 4.69) is 28.8 Å². The third kappa shape index (κ3) is 3.69. The van der Waals surface area contributed by atoms with Gasteiger partial charge in [-0.3, -0.25) is 9.69 Å². The van der Waals surface area contributed by atoms with Crippen molar-refractivity contribution in [3.05, 3.63) is 82.9 Å². The lowest BCUT2D eigenvalue weighted by molar-refractivity contribution is -0.118. The first-order valence-corrected chi connectivity index (χ1v) is 11.2. The molecule has 6 nitrogen and oxygen atoms in total. The van der Waals surface area contributed by atoms with Crippen LogP contribution >= 0.6 is 23.4 Å². The van der Waals surface area contributed by atoms with Crippen LogP contribution in [0.3, 0.4) is 0 Å². The molecule has 0 bridgehead atoms. The maximum atomic E-state index is 13.4. The van der Waals surface area contributed by atoms with Crippen molar-refractivity contribution < 1.29 is 4.79 Å². The molecule has 0 saturated heterocycles. The second-order valence-electron chi connectivity index (χ2n) is 7.35. The highest BCUT2D eigenvalue weighted by atomic mass is 35.5. The molecule has 2 heterocycles. The average Bonchev–Trinajstić information content (AvgIpc) is 3.25. The molecule has 31 heavy (non-hydrogen) atoms. The van der Waals surface area contributed by atoms with Gasteiger partial charge in [0, 0.05) is 14.8 Å². The van der Waals surface area contributed by atoms with Crippen molar-refractivity contribution in [2.45, 2.75) is 22.8 Å². The highest BCUT2D eigenvalue weighted by Crippen LogP contribution is 2.49. The van der Waals surface area contributed by atoms with Gasteiger partial charge in [0.15, 0.2) is 0 Å². The van der Waals surface area contributed by atoms with E-state index in [1.54, 1.807) is 21.8 Å². The predicted octanol–water partition coefficient (Wildman–Crippen LogP) is 5.71. The molecule has 0 aliphatic carbocycles. The number of hydrogen-bond donors (Lipinski definition) is 1. The number of anilines is 2. The summed E-state index contributed by atoms with van der Waals surface area (Å²) >= 11 is 8.07. The minimum Gasteiger partial charge on any atom is -0.278 e. The van der Waals surface area contributed by atoms with E-state index in [1.165, 1.54) is 0 Å². The molecule has 1 amide bonds. The molecule has 5 rings (SSSR count). The number of carbonyl (C=O) groups is 1. The lowest BCUT2D eigenvalue weighted by Gasteiger charge is -2.32. The van der Waals surface area contributed by atoms with Crippen molar-refractivity contribution in [3.8, 4) is 0 Å². The Bertz CT molecular complexity index is 1180. The highest BCUT2D eigenvalue weighted by Gasteiger charge is 2.31. The number of amides is 1. The number of carbonyl (C=O) groups excluding carboxylic acids is 1. The molecule has 0 radical (unpaired) electrons. The second kappa shape index (κ2) is 8.34. The predicted molar refractivity (Wildman–Crippen MR) is 123 cm³/mol. The molecular weight excluding hydrogens is 430 g/mol. The third-order valence-electron chi connectivity index (χ3n) is 5.37. The van der Waals surface area contributed by atoms with Crippen molar-refractivity contribution in [3.63, 3.8) is 0 Å². The number of benzene rings is 3. The molecule has 1 unspecified atom stereocenters. The van der Waals surface area contributed by atoms with E-state index < -0.39 is 0 Å². The summed E-state index contributed by atoms with van der Waals surface area (Å²) in [6.07, 6.45) is 0. The van der Waals surface area contributed by atoms with Crippen molar-refractivity contribution in [1.29, 1.82) is 0 Å². The number of para-hydroxylation sites is 1. The molecule has 2 aliphatic rings. The molecule has 8 heteroatoms. The van der Waals surface area contributed by atoms with Crippen LogP contribution in [0.25, 0.3) is 0 Å². The summed E-state index contributed by atoms with van der Waals surface area (Å²) in [5.41, 5.74) is 7.02. The maximum absolute atomic E-state index is 13.4. The number of nitrogens with zero attached hydrogens (tertiary/aromatic N) is 4. The summed E-state index contributed by atoms with van der Waals surface area (Å²) in [7, 11) is 0. The molecule has 0 aromatic heterocycles. The van der Waals surface area contributed by atoms with Crippen LogP contribution in [-0.4, -0.2) is 24.1 Å². The van der Waals surface area contributed by atoms with E-state index in [0.29, 0.717) is 11.6 Å². The Hall–Kier alpha value is -2.87. The zero-order valence-electron chi connectivity index (χ0n) is 16.8. The van der Waals surface area contributed by atoms with Crippen LogP contribution in [0.2, 0.25) is 5.02 Å². The van der Waals surface area contributed by atoms with Gasteiger partial charge in [0.05, 0.1) is 24.5 Å². The van der Waals surface area contributed by atoms with Crippen LogP contribution in [0, 0.1) is 6.92 Å². The van der Waals surface area contributed by atoms with Gasteiger partial charge in [0.25, 0.3) is 0 Å². The maximum Gasteiger partial charge on any atom is 0.247 e. The summed E-state index contributed by atoms with van der Waals surface area (Å²) in [5, 5.41) is 10.6. The number of halogens is 1. The number of aryl methyl sites for hydroxylation is 1. The molecule has 1 N–H and O–H groups in total. The van der Waals surface area contributed by atoms with Gasteiger partial charge in [0.2, 0.25) is 5.91 Å². The third-order valence-corrected chi connectivity index (χ3v) is 7.01. The summed E-state index contributed by atoms with van der Waals surface area (Å²) in [6, 6.07) is 21.5. The van der Waals surface area contributed by atoms with Crippen LogP contribution < -0.4 is 10.3 Å². The highest BCUT2D eigenvalue weighted by molar-refractivity contribution is 7.99. The van der Waals surface area contributed by atoms with Gasteiger partial charge in [-0.25, -0.2) is 10.5 Å². The quantitative estimate of drug-likeness (QED) is 0.554. The standard InChI is InChI=1S/C23H20ClN5OS/c1-15-7-6-11-19-23(15)31-21-12-5-4-10-18(21)28(19)22(30)14-26-29-20(13-25-27-29)16-8-2-3-9-17(16)24/h2-12,20,26H,13-14H2,1H3. The smallest absolute Gasteiger partial charge is 0.247 e. The normalized spacial score (nSPS) is 16.9. The van der Waals surface area contributed by atoms with Crippen molar-refractivity contribution in [2.75, 3.05) is 18.0 Å². The lowest BCUT2D eigenvalue weighted by atomic mass is 10.1. The van der Waals surface area contributed by atoms with Gasteiger partial charge in [-0.15, -0.1) is 0 Å². The first-order valence-electron chi connectivity index (χ1n) is 9.97. The van der Waals surface area contributed by atoms with Gasteiger partial charge in [-0.1, -0.05) is 71.1 Å². The van der Waals surface area contributed by atoms with Crippen molar-refractivity contribution in [2.24, 2.45) is 10.3 Å². The number of hydrogen-bond acceptors (Lipinski definition) is 6. The van der Waals surface area contributed by atoms with E-state index in [1.807, 2.05) is 60.7 Å². The van der Waals surface area contributed by atoms with Crippen molar-refractivity contribution >= 4 is 40.6 Å². The minimum absolute atomic E-state index is 0.0698. The summed E-state index contributed by atoms with van der Waals surface area (Å²) in [4.78, 5) is 17.4. The summed E-state index contributed by atoms with van der Waals surface area (Å²) < 4.78 is 0. The topological polar surface area (TPSA) is 60.3 Å². The van der Waals surface area contributed by atoms with Gasteiger partial charge in [0.1, 0.15) is 6.04 Å². The van der Waals surface area contributed by atoms with Gasteiger partial charge in [-0.2, -0.15) is 5.11 Å². The number of fused-ring (bicyclic) bond motifs is 2. The van der Waals surface area contributed by atoms with E-state index in [9.17, 15) is 4.79 Å². The Labute approximate surface area is 189 Å². The lowest BCUT2D eigenvalue weighted by Crippen LogP contribution is -2.43. The van der Waals surface area contributed by atoms with Gasteiger partial charge >= 0.3 is 0 Å². The second-order valence-corrected chi connectivity index (χ2v) is 8.81. The molecule has 156 valence electrons. The molecule has 0 saturated carbocycles. The van der Waals surface area contributed by atoms with Crippen LogP contribution in [0.4, 0.5) is 11.4 Å². The fourth-order valence-corrected chi connectivity index (χ4v) is 5.23. The van der Waals surface area contributed by atoms with E-state index in [4.69, 9.17) is 11.6 Å². The molecule has 0 spiro atoms. The van der Waals surface area contributed by atoms with Crippen molar-refractivity contribution in [1.82, 2.24) is 10.5 Å². The first kappa shape index (κ1) is 20.1. The molecular formula is C23H20ClN5OS. The van der Waals surface area contributed by atoms with E-state index in [-0.39, 0.29) is 18.5 Å². The molecule has 3 aromatic rings.